The van der Waals surface area contributed by atoms with E-state index in [9.17, 15) is 4.79 Å². The number of furan rings is 1. The Morgan fingerprint density at radius 1 is 1.15 bits per heavy atom. The number of nitrogens with one attached hydrogen (secondary N) is 1. The summed E-state index contributed by atoms with van der Waals surface area (Å²) >= 11 is 3.40. The van der Waals surface area contributed by atoms with Crippen molar-refractivity contribution in [1.82, 2.24) is 5.43 Å². The van der Waals surface area contributed by atoms with E-state index >= 15 is 0 Å². The highest BCUT2D eigenvalue weighted by molar-refractivity contribution is 9.10. The van der Waals surface area contributed by atoms with Gasteiger partial charge in [0.2, 0.25) is 0 Å². The third-order valence-corrected chi connectivity index (χ3v) is 4.09. The van der Waals surface area contributed by atoms with Crippen molar-refractivity contribution in [3.8, 4) is 5.75 Å². The SMILES string of the molecule is Cc1ccc(/C=N\NC(=O)c2ccccc2OCc2ccc(Br)cc2)o1. The van der Waals surface area contributed by atoms with Crippen molar-refractivity contribution in [2.24, 2.45) is 5.10 Å². The Morgan fingerprint density at radius 3 is 2.65 bits per heavy atom. The molecule has 0 saturated carbocycles. The van der Waals surface area contributed by atoms with Gasteiger partial charge in [-0.2, -0.15) is 5.10 Å². The third kappa shape index (κ3) is 4.83. The molecule has 5 nitrogen and oxygen atoms in total. The average Bonchev–Trinajstić information content (AvgIpc) is 3.06. The van der Waals surface area contributed by atoms with Crippen molar-refractivity contribution in [3.05, 3.63) is 87.8 Å². The fraction of sp³-hybridized carbons (Fsp3) is 0.100. The third-order valence-electron chi connectivity index (χ3n) is 3.56. The summed E-state index contributed by atoms with van der Waals surface area (Å²) in [6.07, 6.45) is 1.45. The van der Waals surface area contributed by atoms with E-state index in [1.807, 2.05) is 43.3 Å². The van der Waals surface area contributed by atoms with E-state index in [0.717, 1.165) is 15.8 Å². The lowest BCUT2D eigenvalue weighted by atomic mass is 10.2. The summed E-state index contributed by atoms with van der Waals surface area (Å²) in [5, 5.41) is 3.92. The van der Waals surface area contributed by atoms with E-state index in [1.54, 1.807) is 24.3 Å². The molecule has 0 atom stereocenters. The number of carbonyl (C=O) groups excluding carboxylic acids is 1. The van der Waals surface area contributed by atoms with Crippen LogP contribution in [-0.2, 0) is 6.61 Å². The van der Waals surface area contributed by atoms with E-state index in [1.165, 1.54) is 6.21 Å². The van der Waals surface area contributed by atoms with Crippen LogP contribution in [0.4, 0.5) is 0 Å². The molecule has 1 amide bonds. The predicted molar refractivity (Wildman–Crippen MR) is 103 cm³/mol. The Morgan fingerprint density at radius 2 is 1.92 bits per heavy atom. The number of nitrogens with zero attached hydrogens (tertiary/aromatic N) is 1. The molecule has 132 valence electrons. The summed E-state index contributed by atoms with van der Waals surface area (Å²) in [6.45, 7) is 2.21. The number of ether oxygens (including phenoxy) is 1. The molecule has 0 aliphatic carbocycles. The highest BCUT2D eigenvalue weighted by atomic mass is 79.9. The monoisotopic (exact) mass is 412 g/mol. The van der Waals surface area contributed by atoms with Gasteiger partial charge in [0, 0.05) is 4.47 Å². The van der Waals surface area contributed by atoms with Crippen molar-refractivity contribution < 1.29 is 13.9 Å². The summed E-state index contributed by atoms with van der Waals surface area (Å²) in [7, 11) is 0. The lowest BCUT2D eigenvalue weighted by Crippen LogP contribution is -2.18. The van der Waals surface area contributed by atoms with Crippen molar-refractivity contribution >= 4 is 28.1 Å². The summed E-state index contributed by atoms with van der Waals surface area (Å²) in [4.78, 5) is 12.4. The summed E-state index contributed by atoms with van der Waals surface area (Å²) < 4.78 is 12.2. The van der Waals surface area contributed by atoms with Crippen LogP contribution in [0.25, 0.3) is 0 Å². The Kier molecular flexibility index (Phi) is 5.86. The standard InChI is InChI=1S/C20H17BrN2O3/c1-14-6-11-17(26-14)12-22-23-20(24)18-4-2-3-5-19(18)25-13-15-7-9-16(21)10-8-15/h2-12H,13H2,1H3,(H,23,24)/b22-12-. The van der Waals surface area contributed by atoms with E-state index in [-0.39, 0.29) is 5.91 Å². The summed E-state index contributed by atoms with van der Waals surface area (Å²) in [5.74, 6) is 1.50. The fourth-order valence-electron chi connectivity index (χ4n) is 2.26. The first kappa shape index (κ1) is 17.9. The predicted octanol–water partition coefficient (Wildman–Crippen LogP) is 4.69. The van der Waals surface area contributed by atoms with Crippen LogP contribution in [0.5, 0.6) is 5.75 Å². The molecule has 1 heterocycles. The maximum atomic E-state index is 12.4. The van der Waals surface area contributed by atoms with Crippen LogP contribution >= 0.6 is 15.9 Å². The van der Waals surface area contributed by atoms with Gasteiger partial charge in [0.15, 0.2) is 0 Å². The van der Waals surface area contributed by atoms with Gasteiger partial charge >= 0.3 is 0 Å². The van der Waals surface area contributed by atoms with Gasteiger partial charge in [0.05, 0.1) is 11.8 Å². The lowest BCUT2D eigenvalue weighted by molar-refractivity contribution is 0.0950. The topological polar surface area (TPSA) is 63.8 Å². The van der Waals surface area contributed by atoms with Gasteiger partial charge < -0.3 is 9.15 Å². The average molecular weight is 413 g/mol. The number of carbonyl (C=O) groups is 1. The maximum Gasteiger partial charge on any atom is 0.275 e. The summed E-state index contributed by atoms with van der Waals surface area (Å²) in [5.41, 5.74) is 3.91. The second-order valence-corrected chi connectivity index (χ2v) is 6.47. The first-order chi connectivity index (χ1) is 12.6. The number of hydrogen-bond acceptors (Lipinski definition) is 4. The molecular formula is C20H17BrN2O3. The highest BCUT2D eigenvalue weighted by Crippen LogP contribution is 2.20. The van der Waals surface area contributed by atoms with Gasteiger partial charge in [-0.15, -0.1) is 0 Å². The smallest absolute Gasteiger partial charge is 0.275 e. The molecule has 0 aliphatic rings. The molecule has 0 bridgehead atoms. The molecular weight excluding hydrogens is 396 g/mol. The van der Waals surface area contributed by atoms with Gasteiger partial charge in [-0.05, 0) is 48.9 Å². The molecule has 0 radical (unpaired) electrons. The molecule has 1 aromatic heterocycles. The fourth-order valence-corrected chi connectivity index (χ4v) is 2.52. The zero-order chi connectivity index (χ0) is 18.4. The molecule has 0 spiro atoms. The molecule has 3 aromatic rings. The molecule has 26 heavy (non-hydrogen) atoms. The van der Waals surface area contributed by atoms with E-state index < -0.39 is 0 Å². The van der Waals surface area contributed by atoms with E-state index in [2.05, 4.69) is 26.5 Å². The van der Waals surface area contributed by atoms with Crippen molar-refractivity contribution in [3.63, 3.8) is 0 Å². The van der Waals surface area contributed by atoms with E-state index in [4.69, 9.17) is 9.15 Å². The largest absolute Gasteiger partial charge is 0.488 e. The molecule has 0 saturated heterocycles. The minimum Gasteiger partial charge on any atom is -0.488 e. The minimum atomic E-state index is -0.351. The molecule has 0 fully saturated rings. The van der Waals surface area contributed by atoms with Crippen molar-refractivity contribution in [2.45, 2.75) is 13.5 Å². The Hall–Kier alpha value is -2.86. The molecule has 1 N–H and O–H groups in total. The maximum absolute atomic E-state index is 12.4. The first-order valence-electron chi connectivity index (χ1n) is 7.98. The van der Waals surface area contributed by atoms with Crippen LogP contribution in [0.3, 0.4) is 0 Å². The second-order valence-electron chi connectivity index (χ2n) is 5.56. The molecule has 3 rings (SSSR count). The molecule has 2 aromatic carbocycles. The van der Waals surface area contributed by atoms with Gasteiger partial charge in [-0.1, -0.05) is 40.2 Å². The van der Waals surface area contributed by atoms with Crippen LogP contribution in [-0.4, -0.2) is 12.1 Å². The Balaban J connectivity index is 1.64. The minimum absolute atomic E-state index is 0.351. The van der Waals surface area contributed by atoms with Crippen LogP contribution in [0.15, 0.2) is 74.7 Å². The van der Waals surface area contributed by atoms with Crippen LogP contribution in [0.2, 0.25) is 0 Å². The molecule has 0 aliphatic heterocycles. The van der Waals surface area contributed by atoms with Crippen LogP contribution in [0, 0.1) is 6.92 Å². The quantitative estimate of drug-likeness (QED) is 0.471. The van der Waals surface area contributed by atoms with Crippen LogP contribution < -0.4 is 10.2 Å². The Labute approximate surface area is 159 Å². The zero-order valence-electron chi connectivity index (χ0n) is 14.1. The van der Waals surface area contributed by atoms with Crippen molar-refractivity contribution in [1.29, 1.82) is 0 Å². The second kappa shape index (κ2) is 8.49. The van der Waals surface area contributed by atoms with Crippen molar-refractivity contribution in [2.75, 3.05) is 0 Å². The number of halogens is 1. The molecule has 6 heteroatoms. The number of para-hydroxylation sites is 1. The van der Waals surface area contributed by atoms with Gasteiger partial charge in [0.25, 0.3) is 5.91 Å². The lowest BCUT2D eigenvalue weighted by Gasteiger charge is -2.10. The number of benzene rings is 2. The number of amides is 1. The van der Waals surface area contributed by atoms with Gasteiger partial charge in [0.1, 0.15) is 23.9 Å². The summed E-state index contributed by atoms with van der Waals surface area (Å²) in [6, 6.07) is 18.5. The highest BCUT2D eigenvalue weighted by Gasteiger charge is 2.11. The normalized spacial score (nSPS) is 10.8. The first-order valence-corrected chi connectivity index (χ1v) is 8.77. The Bertz CT molecular complexity index is 917. The number of hydrogen-bond donors (Lipinski definition) is 1. The van der Waals surface area contributed by atoms with Crippen LogP contribution in [0.1, 0.15) is 27.4 Å². The van der Waals surface area contributed by atoms with E-state index in [0.29, 0.717) is 23.7 Å². The van der Waals surface area contributed by atoms with Gasteiger partial charge in [-0.3, -0.25) is 4.79 Å². The zero-order valence-corrected chi connectivity index (χ0v) is 15.7. The molecule has 0 unspecified atom stereocenters. The van der Waals surface area contributed by atoms with Gasteiger partial charge in [-0.25, -0.2) is 5.43 Å². The number of hydrazone groups is 1. The number of rotatable bonds is 6. The number of aryl methyl sites for hydroxylation is 1.